The lowest BCUT2D eigenvalue weighted by atomic mass is 10.1. The van der Waals surface area contributed by atoms with Crippen LogP contribution in [0.1, 0.15) is 11.3 Å². The lowest BCUT2D eigenvalue weighted by Crippen LogP contribution is -2.49. The predicted octanol–water partition coefficient (Wildman–Crippen LogP) is 1.93. The van der Waals surface area contributed by atoms with Crippen molar-refractivity contribution in [3.8, 4) is 0 Å². The van der Waals surface area contributed by atoms with Gasteiger partial charge >= 0.3 is 6.09 Å². The molecule has 0 atom stereocenters. The van der Waals surface area contributed by atoms with Crippen molar-refractivity contribution in [2.24, 2.45) is 0 Å². The van der Waals surface area contributed by atoms with E-state index in [2.05, 4.69) is 15.0 Å². The summed E-state index contributed by atoms with van der Waals surface area (Å²) in [4.78, 5) is 40.7. The smallest absolute Gasteiger partial charge is 0.416 e. The van der Waals surface area contributed by atoms with Crippen LogP contribution in [0.4, 0.5) is 10.6 Å². The van der Waals surface area contributed by atoms with Crippen molar-refractivity contribution in [1.29, 1.82) is 0 Å². The molecule has 0 unspecified atom stereocenters. The Bertz CT molecular complexity index is 1350. The van der Waals surface area contributed by atoms with E-state index < -0.39 is 6.09 Å². The molecule has 0 spiro atoms. The van der Waals surface area contributed by atoms with Crippen molar-refractivity contribution in [2.45, 2.75) is 13.1 Å². The molecule has 1 aliphatic heterocycles. The van der Waals surface area contributed by atoms with Crippen LogP contribution in [0.3, 0.4) is 0 Å². The molecule has 1 amide bonds. The van der Waals surface area contributed by atoms with Gasteiger partial charge in [-0.3, -0.25) is 14.7 Å². The monoisotopic (exact) mass is 431 g/mol. The maximum absolute atomic E-state index is 12.8. The fourth-order valence-electron chi connectivity index (χ4n) is 4.19. The number of pyridine rings is 1. The second kappa shape index (κ2) is 7.89. The van der Waals surface area contributed by atoms with Crippen LogP contribution >= 0.6 is 0 Å². The van der Waals surface area contributed by atoms with E-state index in [4.69, 9.17) is 5.73 Å². The summed E-state index contributed by atoms with van der Waals surface area (Å²) in [6, 6.07) is 9.22. The maximum Gasteiger partial charge on any atom is 0.416 e. The molecule has 5 rings (SSSR count). The van der Waals surface area contributed by atoms with Gasteiger partial charge in [0.25, 0.3) is 0 Å². The second-order valence-corrected chi connectivity index (χ2v) is 7.82. The lowest BCUT2D eigenvalue weighted by molar-refractivity contribution is -0.136. The number of aromatic nitrogens is 4. The summed E-state index contributed by atoms with van der Waals surface area (Å²) in [7, 11) is 0. The Labute approximate surface area is 182 Å². The lowest BCUT2D eigenvalue weighted by Gasteiger charge is -2.34. The number of amides is 1. The zero-order chi connectivity index (χ0) is 22.2. The van der Waals surface area contributed by atoms with Crippen molar-refractivity contribution in [1.82, 2.24) is 29.3 Å². The molecule has 0 saturated carbocycles. The number of nitrogens with two attached hydrogens (primary N) is 1. The zero-order valence-corrected chi connectivity index (χ0v) is 17.2. The molecule has 1 fully saturated rings. The summed E-state index contributed by atoms with van der Waals surface area (Å²) in [5.74, 6) is 0.430. The van der Waals surface area contributed by atoms with Crippen LogP contribution in [0.15, 0.2) is 49.1 Å². The van der Waals surface area contributed by atoms with E-state index in [0.717, 1.165) is 21.9 Å². The van der Waals surface area contributed by atoms with Crippen molar-refractivity contribution in [2.75, 3.05) is 25.4 Å². The number of piperazine rings is 1. The molecule has 1 aromatic carbocycles. The minimum Gasteiger partial charge on any atom is -0.464 e. The highest BCUT2D eigenvalue weighted by Gasteiger charge is 2.26. The summed E-state index contributed by atoms with van der Waals surface area (Å²) in [6.07, 6.45) is 3.59. The molecule has 0 bridgehead atoms. The van der Waals surface area contributed by atoms with Gasteiger partial charge in [0.1, 0.15) is 12.1 Å². The van der Waals surface area contributed by atoms with Crippen LogP contribution in [0, 0.1) is 0 Å². The van der Waals surface area contributed by atoms with Crippen LogP contribution in [0.2, 0.25) is 0 Å². The number of fused-ring (bicyclic) bond motifs is 2. The molecule has 4 heterocycles. The first-order valence-corrected chi connectivity index (χ1v) is 10.2. The summed E-state index contributed by atoms with van der Waals surface area (Å²) >= 11 is 0. The number of benzene rings is 1. The van der Waals surface area contributed by atoms with Crippen molar-refractivity contribution in [3.63, 3.8) is 0 Å². The largest absolute Gasteiger partial charge is 0.464 e. The highest BCUT2D eigenvalue weighted by molar-refractivity contribution is 5.90. The van der Waals surface area contributed by atoms with E-state index in [1.165, 1.54) is 10.9 Å². The number of nitrogens with zero attached hydrogens (tertiary/aromatic N) is 6. The topological polar surface area (TPSA) is 130 Å². The molecule has 10 heteroatoms. The first-order chi connectivity index (χ1) is 15.5. The fraction of sp³-hybridized carbons (Fsp3) is 0.227. The molecular weight excluding hydrogens is 410 g/mol. The first kappa shape index (κ1) is 19.9. The van der Waals surface area contributed by atoms with E-state index in [9.17, 15) is 14.7 Å². The van der Waals surface area contributed by atoms with Gasteiger partial charge < -0.3 is 15.7 Å². The Morgan fingerprint density at radius 1 is 1.12 bits per heavy atom. The van der Waals surface area contributed by atoms with Gasteiger partial charge in [0, 0.05) is 55.0 Å². The molecular formula is C22H21N7O3. The van der Waals surface area contributed by atoms with Crippen molar-refractivity contribution >= 4 is 39.6 Å². The third kappa shape index (κ3) is 3.60. The van der Waals surface area contributed by atoms with Gasteiger partial charge in [0.15, 0.2) is 0 Å². The zero-order valence-electron chi connectivity index (χ0n) is 17.2. The van der Waals surface area contributed by atoms with Crippen molar-refractivity contribution < 1.29 is 14.7 Å². The standard InChI is InChI=1S/C22H21N7O3/c23-21-17-2-1-14(7-18(17)25-13-26-21)10-28-6-5-27(12-20(28)30)11-16-8-15-9-24-4-3-19(15)29(16)22(31)32/h1-4,7-9,13H,5-6,10-12H2,(H,31,32)(H2,23,25,26). The normalized spacial score (nSPS) is 15.0. The van der Waals surface area contributed by atoms with Crippen LogP contribution in [0.25, 0.3) is 21.8 Å². The molecule has 162 valence electrons. The van der Waals surface area contributed by atoms with Crippen LogP contribution < -0.4 is 5.73 Å². The molecule has 32 heavy (non-hydrogen) atoms. The fourth-order valence-corrected chi connectivity index (χ4v) is 4.19. The van der Waals surface area contributed by atoms with Gasteiger partial charge in [-0.2, -0.15) is 0 Å². The van der Waals surface area contributed by atoms with E-state index in [1.54, 1.807) is 23.4 Å². The Hall–Kier alpha value is -4.05. The van der Waals surface area contributed by atoms with Gasteiger partial charge in [-0.15, -0.1) is 0 Å². The van der Waals surface area contributed by atoms with Gasteiger partial charge in [0.05, 0.1) is 17.6 Å². The van der Waals surface area contributed by atoms with Crippen LogP contribution in [0.5, 0.6) is 0 Å². The Morgan fingerprint density at radius 3 is 2.81 bits per heavy atom. The Balaban J connectivity index is 1.29. The van der Waals surface area contributed by atoms with E-state index in [0.29, 0.717) is 43.2 Å². The molecule has 0 radical (unpaired) electrons. The van der Waals surface area contributed by atoms with Crippen molar-refractivity contribution in [3.05, 3.63) is 60.3 Å². The van der Waals surface area contributed by atoms with E-state index in [-0.39, 0.29) is 12.5 Å². The first-order valence-electron chi connectivity index (χ1n) is 10.2. The minimum absolute atomic E-state index is 0.00167. The number of hydrogen-bond donors (Lipinski definition) is 2. The number of nitrogen functional groups attached to an aromatic ring is 1. The van der Waals surface area contributed by atoms with Gasteiger partial charge in [-0.25, -0.2) is 19.3 Å². The van der Waals surface area contributed by atoms with Crippen LogP contribution in [-0.4, -0.2) is 66.1 Å². The Morgan fingerprint density at radius 2 is 2.00 bits per heavy atom. The molecule has 4 aromatic rings. The SMILES string of the molecule is Nc1ncnc2cc(CN3CCN(Cc4cc5cnccc5n4C(=O)O)CC3=O)ccc12. The average Bonchev–Trinajstić information content (AvgIpc) is 3.14. The summed E-state index contributed by atoms with van der Waals surface area (Å²) in [5.41, 5.74) is 8.81. The number of carbonyl (C=O) groups excluding carboxylic acids is 1. The highest BCUT2D eigenvalue weighted by atomic mass is 16.4. The van der Waals surface area contributed by atoms with E-state index in [1.807, 2.05) is 29.2 Å². The molecule has 1 aliphatic rings. The molecule has 10 nitrogen and oxygen atoms in total. The highest BCUT2D eigenvalue weighted by Crippen LogP contribution is 2.22. The molecule has 1 saturated heterocycles. The average molecular weight is 431 g/mol. The number of hydrogen-bond acceptors (Lipinski definition) is 7. The third-order valence-corrected chi connectivity index (χ3v) is 5.76. The predicted molar refractivity (Wildman–Crippen MR) is 118 cm³/mol. The molecule has 0 aliphatic carbocycles. The number of carbonyl (C=O) groups is 2. The number of anilines is 1. The van der Waals surface area contributed by atoms with Gasteiger partial charge in [0.2, 0.25) is 5.91 Å². The Kier molecular flexibility index (Phi) is 4.91. The van der Waals surface area contributed by atoms with Gasteiger partial charge in [-0.1, -0.05) is 6.07 Å². The minimum atomic E-state index is -1.05. The molecule has 3 aromatic heterocycles. The quantitative estimate of drug-likeness (QED) is 0.501. The summed E-state index contributed by atoms with van der Waals surface area (Å²) in [5, 5.41) is 11.2. The maximum atomic E-state index is 12.8. The molecule has 3 N–H and O–H groups in total. The number of rotatable bonds is 4. The summed E-state index contributed by atoms with van der Waals surface area (Å²) in [6.45, 7) is 2.27. The van der Waals surface area contributed by atoms with E-state index >= 15 is 0 Å². The summed E-state index contributed by atoms with van der Waals surface area (Å²) < 4.78 is 1.26. The third-order valence-electron chi connectivity index (χ3n) is 5.76. The van der Waals surface area contributed by atoms with Gasteiger partial charge in [-0.05, 0) is 29.8 Å². The second-order valence-electron chi connectivity index (χ2n) is 7.82. The van der Waals surface area contributed by atoms with Crippen LogP contribution in [-0.2, 0) is 17.9 Å². The number of carboxylic acid groups (broad SMARTS) is 1.